The van der Waals surface area contributed by atoms with Crippen molar-refractivity contribution in [2.45, 2.75) is 20.3 Å². The van der Waals surface area contributed by atoms with Crippen LogP contribution in [0.15, 0.2) is 0 Å². The van der Waals surface area contributed by atoms with E-state index < -0.39 is 0 Å². The first-order chi connectivity index (χ1) is 8.20. The molecule has 17 heavy (non-hydrogen) atoms. The van der Waals surface area contributed by atoms with E-state index in [1.165, 1.54) is 0 Å². The Morgan fingerprint density at radius 3 is 1.65 bits per heavy atom. The van der Waals surface area contributed by atoms with Gasteiger partial charge in [0.05, 0.1) is 0 Å². The highest BCUT2D eigenvalue weighted by atomic mass is 32.2. The molecule has 2 N–H and O–H groups in total. The smallest absolute Gasteiger partial charge is 0.229 e. The molecule has 0 aromatic heterocycles. The van der Waals surface area contributed by atoms with Gasteiger partial charge in [-0.15, -0.1) is 0 Å². The van der Waals surface area contributed by atoms with Crippen LogP contribution in [0.2, 0.25) is 0 Å². The van der Waals surface area contributed by atoms with Gasteiger partial charge in [-0.05, 0) is 11.5 Å². The van der Waals surface area contributed by atoms with Gasteiger partial charge in [-0.3, -0.25) is 9.59 Å². The van der Waals surface area contributed by atoms with Crippen LogP contribution in [0.4, 0.5) is 0 Å². The van der Waals surface area contributed by atoms with Crippen LogP contribution >= 0.6 is 23.5 Å². The van der Waals surface area contributed by atoms with Gasteiger partial charge in [0.15, 0.2) is 0 Å². The van der Waals surface area contributed by atoms with Crippen molar-refractivity contribution >= 4 is 35.3 Å². The second-order valence-corrected chi connectivity index (χ2v) is 6.06. The fourth-order valence-electron chi connectivity index (χ4n) is 1.08. The molecule has 0 heterocycles. The van der Waals surface area contributed by atoms with Crippen molar-refractivity contribution in [2.24, 2.45) is 0 Å². The number of hydrogen-bond acceptors (Lipinski definition) is 4. The molecule has 0 aliphatic rings. The molecule has 0 aromatic carbocycles. The molecule has 0 rings (SSSR count). The van der Waals surface area contributed by atoms with Crippen LogP contribution in [0.5, 0.6) is 0 Å². The molecule has 0 unspecified atom stereocenters. The van der Waals surface area contributed by atoms with Crippen LogP contribution in [0.25, 0.3) is 0 Å². The third kappa shape index (κ3) is 11.9. The Morgan fingerprint density at radius 1 is 0.882 bits per heavy atom. The number of carbonyl (C=O) groups is 2. The lowest BCUT2D eigenvalue weighted by Crippen LogP contribution is -2.33. The van der Waals surface area contributed by atoms with Crippen LogP contribution < -0.4 is 10.6 Å². The third-order valence-electron chi connectivity index (χ3n) is 1.87. The Bertz CT molecular complexity index is 204. The standard InChI is InChI=1S/C11H22N2O2S2/c1-3-16-7-5-12-10(14)9-11(15)13-6-8-17-4-2/h3-9H2,1-2H3,(H,12,14)(H,13,15). The zero-order valence-electron chi connectivity index (χ0n) is 10.6. The van der Waals surface area contributed by atoms with Crippen LogP contribution in [0.1, 0.15) is 20.3 Å². The number of amides is 2. The fourth-order valence-corrected chi connectivity index (χ4v) is 2.15. The molecule has 100 valence electrons. The lowest BCUT2D eigenvalue weighted by molar-refractivity contribution is -0.129. The van der Waals surface area contributed by atoms with Crippen molar-refractivity contribution in [3.8, 4) is 0 Å². The summed E-state index contributed by atoms with van der Waals surface area (Å²) < 4.78 is 0. The van der Waals surface area contributed by atoms with Crippen LogP contribution in [-0.2, 0) is 9.59 Å². The van der Waals surface area contributed by atoms with Crippen LogP contribution in [0, 0.1) is 0 Å². The van der Waals surface area contributed by atoms with Crippen molar-refractivity contribution in [1.29, 1.82) is 0 Å². The monoisotopic (exact) mass is 278 g/mol. The molecule has 0 aliphatic heterocycles. The molecule has 6 heteroatoms. The predicted octanol–water partition coefficient (Wildman–Crippen LogP) is 1.12. The molecule has 0 atom stereocenters. The van der Waals surface area contributed by atoms with E-state index in [0.717, 1.165) is 23.0 Å². The van der Waals surface area contributed by atoms with E-state index in [4.69, 9.17) is 0 Å². The highest BCUT2D eigenvalue weighted by molar-refractivity contribution is 7.99. The second kappa shape index (κ2) is 12.1. The van der Waals surface area contributed by atoms with E-state index in [-0.39, 0.29) is 18.2 Å². The molecule has 0 bridgehead atoms. The minimum Gasteiger partial charge on any atom is -0.355 e. The largest absolute Gasteiger partial charge is 0.355 e. The maximum Gasteiger partial charge on any atom is 0.229 e. The van der Waals surface area contributed by atoms with E-state index in [1.54, 1.807) is 23.5 Å². The van der Waals surface area contributed by atoms with Crippen LogP contribution in [-0.4, -0.2) is 47.9 Å². The zero-order valence-corrected chi connectivity index (χ0v) is 12.2. The summed E-state index contributed by atoms with van der Waals surface area (Å²) in [5.41, 5.74) is 0. The van der Waals surface area contributed by atoms with Gasteiger partial charge in [-0.1, -0.05) is 13.8 Å². The highest BCUT2D eigenvalue weighted by Crippen LogP contribution is 1.96. The Hall–Kier alpha value is -0.360. The van der Waals surface area contributed by atoms with E-state index in [1.807, 2.05) is 0 Å². The first kappa shape index (κ1) is 16.6. The van der Waals surface area contributed by atoms with Gasteiger partial charge >= 0.3 is 0 Å². The Morgan fingerprint density at radius 2 is 1.29 bits per heavy atom. The molecular formula is C11H22N2O2S2. The minimum atomic E-state index is -0.192. The molecule has 0 spiro atoms. The Balaban J connectivity index is 3.42. The summed E-state index contributed by atoms with van der Waals surface area (Å²) >= 11 is 3.54. The van der Waals surface area contributed by atoms with Crippen molar-refractivity contribution in [3.05, 3.63) is 0 Å². The number of nitrogens with one attached hydrogen (secondary N) is 2. The summed E-state index contributed by atoms with van der Waals surface area (Å²) in [6, 6.07) is 0. The molecular weight excluding hydrogens is 256 g/mol. The predicted molar refractivity (Wildman–Crippen MR) is 76.6 cm³/mol. The summed E-state index contributed by atoms with van der Waals surface area (Å²) in [7, 11) is 0. The first-order valence-electron chi connectivity index (χ1n) is 5.89. The first-order valence-corrected chi connectivity index (χ1v) is 8.20. The summed E-state index contributed by atoms with van der Waals surface area (Å²) in [5.74, 6) is 3.51. The lowest BCUT2D eigenvalue weighted by Gasteiger charge is -2.05. The number of carbonyl (C=O) groups excluding carboxylic acids is 2. The molecule has 0 saturated heterocycles. The zero-order chi connectivity index (χ0) is 12.9. The maximum atomic E-state index is 11.3. The van der Waals surface area contributed by atoms with Gasteiger partial charge in [0.1, 0.15) is 6.42 Å². The average molecular weight is 278 g/mol. The van der Waals surface area contributed by atoms with E-state index in [9.17, 15) is 9.59 Å². The quantitative estimate of drug-likeness (QED) is 0.464. The lowest BCUT2D eigenvalue weighted by atomic mass is 10.3. The molecule has 0 radical (unpaired) electrons. The molecule has 0 fully saturated rings. The molecule has 0 aliphatic carbocycles. The summed E-state index contributed by atoms with van der Waals surface area (Å²) in [5, 5.41) is 5.45. The van der Waals surface area contributed by atoms with Gasteiger partial charge in [0, 0.05) is 24.6 Å². The summed E-state index contributed by atoms with van der Waals surface area (Å²) in [4.78, 5) is 22.6. The van der Waals surface area contributed by atoms with Crippen LogP contribution in [0.3, 0.4) is 0 Å². The molecule has 0 aromatic rings. The van der Waals surface area contributed by atoms with E-state index in [0.29, 0.717) is 13.1 Å². The fraction of sp³-hybridized carbons (Fsp3) is 0.818. The summed E-state index contributed by atoms with van der Waals surface area (Å²) in [6.45, 7) is 5.43. The van der Waals surface area contributed by atoms with Gasteiger partial charge in [0.25, 0.3) is 0 Å². The molecule has 0 saturated carbocycles. The van der Waals surface area contributed by atoms with Crippen molar-refractivity contribution in [2.75, 3.05) is 36.1 Å². The van der Waals surface area contributed by atoms with Crippen molar-refractivity contribution in [3.63, 3.8) is 0 Å². The highest BCUT2D eigenvalue weighted by Gasteiger charge is 2.07. The normalized spacial score (nSPS) is 10.0. The number of hydrogen-bond donors (Lipinski definition) is 2. The Labute approximate surface area is 112 Å². The van der Waals surface area contributed by atoms with Gasteiger partial charge in [0.2, 0.25) is 11.8 Å². The third-order valence-corrected chi connectivity index (χ3v) is 3.67. The molecule has 2 amide bonds. The number of thioether (sulfide) groups is 2. The van der Waals surface area contributed by atoms with Gasteiger partial charge in [-0.25, -0.2) is 0 Å². The van der Waals surface area contributed by atoms with E-state index in [2.05, 4.69) is 24.5 Å². The van der Waals surface area contributed by atoms with Crippen molar-refractivity contribution in [1.82, 2.24) is 10.6 Å². The maximum absolute atomic E-state index is 11.3. The van der Waals surface area contributed by atoms with Gasteiger partial charge < -0.3 is 10.6 Å². The van der Waals surface area contributed by atoms with Crippen molar-refractivity contribution < 1.29 is 9.59 Å². The van der Waals surface area contributed by atoms with Gasteiger partial charge in [-0.2, -0.15) is 23.5 Å². The SMILES string of the molecule is CCSCCNC(=O)CC(=O)NCCSCC. The Kier molecular flexibility index (Phi) is 11.8. The summed E-state index contributed by atoms with van der Waals surface area (Å²) in [6.07, 6.45) is -0.0619. The topological polar surface area (TPSA) is 58.2 Å². The average Bonchev–Trinajstić information content (AvgIpc) is 2.30. The van der Waals surface area contributed by atoms with E-state index >= 15 is 0 Å². The number of rotatable bonds is 10. The second-order valence-electron chi connectivity index (χ2n) is 3.27. The minimum absolute atomic E-state index is 0.0619. The molecule has 4 nitrogen and oxygen atoms in total.